The topological polar surface area (TPSA) is 147 Å². The monoisotopic (exact) mass is 455 g/mol. The first kappa shape index (κ1) is 21.3. The van der Waals surface area contributed by atoms with Crippen LogP contribution in [0.3, 0.4) is 0 Å². The molecular weight excluding hydrogens is 439 g/mol. The van der Waals surface area contributed by atoms with Gasteiger partial charge in [-0.1, -0.05) is 0 Å². The first-order chi connectivity index (χ1) is 14.2. The second-order valence-electron chi connectivity index (χ2n) is 5.87. The number of amides is 1. The van der Waals surface area contributed by atoms with Crippen LogP contribution in [0.4, 0.5) is 15.1 Å². The van der Waals surface area contributed by atoms with Crippen LogP contribution < -0.4 is 14.7 Å². The third-order valence-electron chi connectivity index (χ3n) is 3.79. The fraction of sp³-hybridized carbons (Fsp3) is 0.188. The number of carbonyl (C=O) groups excluding carboxylic acids is 1. The fourth-order valence-corrected chi connectivity index (χ4v) is 4.37. The Balaban J connectivity index is 1.73. The second-order valence-corrected chi connectivity index (χ2v) is 8.41. The molecule has 11 nitrogen and oxygen atoms in total. The summed E-state index contributed by atoms with van der Waals surface area (Å²) in [6.07, 6.45) is 3.27. The number of anilines is 2. The molecule has 158 valence electrons. The van der Waals surface area contributed by atoms with E-state index in [1.54, 1.807) is 17.1 Å². The van der Waals surface area contributed by atoms with E-state index in [1.165, 1.54) is 10.2 Å². The molecule has 3 rings (SSSR count). The van der Waals surface area contributed by atoms with Gasteiger partial charge >= 0.3 is 5.97 Å². The highest BCUT2D eigenvalue weighted by Gasteiger charge is 2.22. The van der Waals surface area contributed by atoms with Crippen molar-refractivity contribution in [1.29, 1.82) is 0 Å². The summed E-state index contributed by atoms with van der Waals surface area (Å²) >= 11 is 0.776. The minimum Gasteiger partial charge on any atom is -0.476 e. The number of sulfonamides is 1. The predicted molar refractivity (Wildman–Crippen MR) is 103 cm³/mol. The van der Waals surface area contributed by atoms with E-state index in [1.807, 2.05) is 6.92 Å². The summed E-state index contributed by atoms with van der Waals surface area (Å²) in [6.45, 7) is 2.36. The number of hydrogen-bond acceptors (Lipinski definition) is 7. The summed E-state index contributed by atoms with van der Waals surface area (Å²) in [4.78, 5) is 26.3. The molecule has 0 aliphatic carbocycles. The van der Waals surface area contributed by atoms with Gasteiger partial charge in [-0.25, -0.2) is 22.6 Å². The van der Waals surface area contributed by atoms with Crippen molar-refractivity contribution >= 4 is 43.9 Å². The maximum absolute atomic E-state index is 14.4. The summed E-state index contributed by atoms with van der Waals surface area (Å²) in [7, 11) is -4.27. The van der Waals surface area contributed by atoms with Gasteiger partial charge in [0.25, 0.3) is 15.9 Å². The van der Waals surface area contributed by atoms with E-state index in [0.717, 1.165) is 29.5 Å². The normalized spacial score (nSPS) is 11.3. The summed E-state index contributed by atoms with van der Waals surface area (Å²) in [5.41, 5.74) is 0.497. The Hall–Kier alpha value is -3.39. The molecule has 0 bridgehead atoms. The van der Waals surface area contributed by atoms with E-state index in [-0.39, 0.29) is 17.2 Å². The molecule has 14 heteroatoms. The molecule has 3 N–H and O–H groups in total. The Labute approximate surface area is 173 Å². The number of hydrogen-bond donors (Lipinski definition) is 3. The third-order valence-corrected chi connectivity index (χ3v) is 6.01. The lowest BCUT2D eigenvalue weighted by Gasteiger charge is -2.09. The number of carbonyl (C=O) groups is 2. The number of carboxylic acids is 1. The number of nitrogens with one attached hydrogen (secondary N) is 2. The fourth-order valence-electron chi connectivity index (χ4n) is 2.37. The van der Waals surface area contributed by atoms with E-state index in [0.29, 0.717) is 6.54 Å². The van der Waals surface area contributed by atoms with Crippen molar-refractivity contribution < 1.29 is 32.2 Å². The molecule has 0 spiro atoms. The molecule has 2 aromatic heterocycles. The van der Waals surface area contributed by atoms with Gasteiger partial charge in [0.1, 0.15) is 17.4 Å². The molecule has 1 amide bonds. The Morgan fingerprint density at radius 2 is 2.13 bits per heavy atom. The van der Waals surface area contributed by atoms with Gasteiger partial charge < -0.3 is 10.4 Å². The van der Waals surface area contributed by atoms with Gasteiger partial charge in [-0.15, -0.1) is 20.7 Å². The second kappa shape index (κ2) is 8.54. The Morgan fingerprint density at radius 3 is 2.77 bits per heavy atom. The molecule has 0 saturated carbocycles. The molecule has 0 aliphatic heterocycles. The first-order valence-corrected chi connectivity index (χ1v) is 10.8. The SMILES string of the molecule is CCn1cc[n+](CC(=O)Nc2ccc(S(=O)(=O)Nc3scnc3C(=O)O)cc2F)n1. The molecular formula is C16H16FN6O5S2+. The minimum atomic E-state index is -4.27. The maximum Gasteiger partial charge on any atom is 0.357 e. The molecule has 1 aromatic carbocycles. The predicted octanol–water partition coefficient (Wildman–Crippen LogP) is 0.924. The number of rotatable bonds is 8. The number of aromatic nitrogens is 4. The van der Waals surface area contributed by atoms with Crippen LogP contribution >= 0.6 is 11.3 Å². The average Bonchev–Trinajstić information content (AvgIpc) is 3.32. The van der Waals surface area contributed by atoms with Crippen molar-refractivity contribution in [3.63, 3.8) is 0 Å². The molecule has 0 radical (unpaired) electrons. The van der Waals surface area contributed by atoms with Crippen LogP contribution in [0.1, 0.15) is 17.4 Å². The van der Waals surface area contributed by atoms with Crippen molar-refractivity contribution in [1.82, 2.24) is 14.9 Å². The van der Waals surface area contributed by atoms with Crippen LogP contribution in [-0.2, 0) is 27.9 Å². The summed E-state index contributed by atoms with van der Waals surface area (Å²) in [5, 5.41) is 15.2. The Kier molecular flexibility index (Phi) is 6.07. The van der Waals surface area contributed by atoms with Gasteiger partial charge in [-0.2, -0.15) is 0 Å². The largest absolute Gasteiger partial charge is 0.476 e. The molecule has 0 fully saturated rings. The van der Waals surface area contributed by atoms with Crippen molar-refractivity contribution in [3.8, 4) is 0 Å². The summed E-state index contributed by atoms with van der Waals surface area (Å²) in [5.74, 6) is -2.93. The number of aromatic carboxylic acids is 1. The number of carboxylic acid groups (broad SMARTS) is 1. The molecule has 2 heterocycles. The highest BCUT2D eigenvalue weighted by atomic mass is 32.2. The lowest BCUT2D eigenvalue weighted by atomic mass is 10.3. The van der Waals surface area contributed by atoms with Crippen LogP contribution in [-0.4, -0.2) is 40.3 Å². The molecule has 0 aliphatic rings. The summed E-state index contributed by atoms with van der Waals surface area (Å²) < 4.78 is 44.3. The van der Waals surface area contributed by atoms with E-state index in [9.17, 15) is 22.4 Å². The summed E-state index contributed by atoms with van der Waals surface area (Å²) in [6, 6.07) is 2.90. The van der Waals surface area contributed by atoms with Crippen LogP contribution in [0.25, 0.3) is 0 Å². The lowest BCUT2D eigenvalue weighted by Crippen LogP contribution is -2.42. The molecule has 30 heavy (non-hydrogen) atoms. The smallest absolute Gasteiger partial charge is 0.357 e. The van der Waals surface area contributed by atoms with E-state index < -0.39 is 38.3 Å². The zero-order valence-corrected chi connectivity index (χ0v) is 17.1. The van der Waals surface area contributed by atoms with E-state index >= 15 is 0 Å². The highest BCUT2D eigenvalue weighted by molar-refractivity contribution is 7.93. The van der Waals surface area contributed by atoms with Crippen molar-refractivity contribution in [2.24, 2.45) is 0 Å². The minimum absolute atomic E-state index is 0.155. The Bertz CT molecular complexity index is 1210. The maximum atomic E-state index is 14.4. The zero-order chi connectivity index (χ0) is 21.9. The van der Waals surface area contributed by atoms with Crippen molar-refractivity contribution in [2.45, 2.75) is 24.9 Å². The van der Waals surface area contributed by atoms with Crippen LogP contribution in [0.5, 0.6) is 0 Å². The van der Waals surface area contributed by atoms with Gasteiger partial charge in [-0.3, -0.25) is 9.52 Å². The molecule has 0 saturated heterocycles. The van der Waals surface area contributed by atoms with Crippen LogP contribution in [0.15, 0.2) is 41.0 Å². The molecule has 0 atom stereocenters. The standard InChI is InChI=1S/C16H15FN6O5S2/c1-2-22-5-6-23(21-22)8-13(24)19-12-4-3-10(7-11(12)17)30(27,28)20-15-14(16(25)26)18-9-29-15/h3-7,9,20H,2,8H2,1H3,(H-,19,24,25,26)/p+1. The number of halogens is 1. The van der Waals surface area contributed by atoms with Gasteiger partial charge in [-0.05, 0) is 25.1 Å². The number of aryl methyl sites for hydroxylation is 1. The van der Waals surface area contributed by atoms with Gasteiger partial charge in [0, 0.05) is 0 Å². The number of thiazole rings is 1. The van der Waals surface area contributed by atoms with Gasteiger partial charge in [0.15, 0.2) is 24.6 Å². The zero-order valence-electron chi connectivity index (χ0n) is 15.4. The molecule has 0 unspecified atom stereocenters. The van der Waals surface area contributed by atoms with Crippen LogP contribution in [0, 0.1) is 5.82 Å². The first-order valence-electron chi connectivity index (χ1n) is 8.41. The van der Waals surface area contributed by atoms with Gasteiger partial charge in [0.2, 0.25) is 0 Å². The van der Waals surface area contributed by atoms with Crippen molar-refractivity contribution in [3.05, 3.63) is 47.6 Å². The van der Waals surface area contributed by atoms with Crippen LogP contribution in [0.2, 0.25) is 0 Å². The van der Waals surface area contributed by atoms with Gasteiger partial charge in [0.05, 0.1) is 21.3 Å². The Morgan fingerprint density at radius 1 is 1.37 bits per heavy atom. The average molecular weight is 455 g/mol. The number of benzene rings is 1. The van der Waals surface area contributed by atoms with E-state index in [4.69, 9.17) is 5.11 Å². The third kappa shape index (κ3) is 4.77. The van der Waals surface area contributed by atoms with E-state index in [2.05, 4.69) is 20.2 Å². The molecule has 3 aromatic rings. The van der Waals surface area contributed by atoms with Crippen molar-refractivity contribution in [2.75, 3.05) is 10.0 Å². The highest BCUT2D eigenvalue weighted by Crippen LogP contribution is 2.25. The number of nitrogens with zero attached hydrogens (tertiary/aromatic N) is 4. The quantitative estimate of drug-likeness (QED) is 0.428. The lowest BCUT2D eigenvalue weighted by molar-refractivity contribution is -0.743.